The topological polar surface area (TPSA) is 42.9 Å². The third kappa shape index (κ3) is 2.82. The summed E-state index contributed by atoms with van der Waals surface area (Å²) in [7, 11) is 0. The highest BCUT2D eigenvalue weighted by Gasteiger charge is 2.12. The molecule has 1 aromatic carbocycles. The van der Waals surface area contributed by atoms with Gasteiger partial charge < -0.3 is 0 Å². The lowest BCUT2D eigenvalue weighted by molar-refractivity contribution is 0.0993. The molecule has 3 aromatic rings. The van der Waals surface area contributed by atoms with Crippen LogP contribution in [0.4, 0.5) is 0 Å². The van der Waals surface area contributed by atoms with Crippen LogP contribution in [0.3, 0.4) is 0 Å². The van der Waals surface area contributed by atoms with Crippen LogP contribution < -0.4 is 0 Å². The fourth-order valence-corrected chi connectivity index (χ4v) is 2.36. The quantitative estimate of drug-likeness (QED) is 0.683. The normalized spacial score (nSPS) is 10.7. The molecule has 0 atom stereocenters. The van der Waals surface area contributed by atoms with E-state index in [0.717, 1.165) is 23.0 Å². The van der Waals surface area contributed by atoms with Gasteiger partial charge in [-0.25, -0.2) is 0 Å². The molecule has 21 heavy (non-hydrogen) atoms. The number of ketones is 1. The molecule has 0 aliphatic heterocycles. The van der Waals surface area contributed by atoms with Crippen LogP contribution >= 0.6 is 0 Å². The maximum absolute atomic E-state index is 12.5. The maximum atomic E-state index is 12.5. The molecule has 0 spiro atoms. The van der Waals surface area contributed by atoms with Crippen LogP contribution in [0.1, 0.15) is 28.5 Å². The molecule has 3 rings (SSSR count). The number of Topliss-reactive ketones (excluding diaryl/α,β-unsaturated/α-hetero) is 1. The van der Waals surface area contributed by atoms with E-state index in [2.05, 4.69) is 16.9 Å². The second kappa shape index (κ2) is 5.83. The summed E-state index contributed by atoms with van der Waals surface area (Å²) in [5.41, 5.74) is 3.40. The van der Waals surface area contributed by atoms with Gasteiger partial charge in [-0.05, 0) is 30.2 Å². The van der Waals surface area contributed by atoms with Gasteiger partial charge in [0.05, 0.1) is 11.9 Å². The molecular formula is C18H16N2O. The first kappa shape index (κ1) is 13.4. The summed E-state index contributed by atoms with van der Waals surface area (Å²) in [4.78, 5) is 21.2. The molecule has 0 radical (unpaired) electrons. The van der Waals surface area contributed by atoms with E-state index < -0.39 is 0 Å². The van der Waals surface area contributed by atoms with Crippen LogP contribution in [0.2, 0.25) is 0 Å². The summed E-state index contributed by atoms with van der Waals surface area (Å²) < 4.78 is 0. The number of carbonyl (C=O) groups excluding carboxylic acids is 1. The van der Waals surface area contributed by atoms with Crippen molar-refractivity contribution in [3.05, 3.63) is 71.7 Å². The number of para-hydroxylation sites is 1. The summed E-state index contributed by atoms with van der Waals surface area (Å²) in [6.45, 7) is 2.09. The number of fused-ring (bicyclic) bond motifs is 1. The Balaban J connectivity index is 1.90. The van der Waals surface area contributed by atoms with Gasteiger partial charge in [0.2, 0.25) is 0 Å². The lowest BCUT2D eigenvalue weighted by Gasteiger charge is -2.05. The first-order chi connectivity index (χ1) is 10.3. The third-order valence-corrected chi connectivity index (χ3v) is 3.57. The van der Waals surface area contributed by atoms with Gasteiger partial charge in [0.25, 0.3) is 0 Å². The summed E-state index contributed by atoms with van der Waals surface area (Å²) in [5, 5.41) is 0.984. The lowest BCUT2D eigenvalue weighted by Crippen LogP contribution is -2.06. The van der Waals surface area contributed by atoms with E-state index in [1.165, 1.54) is 5.56 Å². The molecule has 0 N–H and O–H groups in total. The number of rotatable bonds is 4. The second-order valence-corrected chi connectivity index (χ2v) is 4.99. The van der Waals surface area contributed by atoms with E-state index in [4.69, 9.17) is 0 Å². The van der Waals surface area contributed by atoms with Crippen molar-refractivity contribution in [1.82, 2.24) is 9.97 Å². The first-order valence-electron chi connectivity index (χ1n) is 7.08. The van der Waals surface area contributed by atoms with Gasteiger partial charge >= 0.3 is 0 Å². The highest BCUT2D eigenvalue weighted by Crippen LogP contribution is 2.17. The third-order valence-electron chi connectivity index (χ3n) is 3.57. The van der Waals surface area contributed by atoms with Gasteiger partial charge in [-0.3, -0.25) is 14.8 Å². The van der Waals surface area contributed by atoms with Crippen LogP contribution in [-0.4, -0.2) is 15.8 Å². The summed E-state index contributed by atoms with van der Waals surface area (Å²) in [6, 6.07) is 13.5. The van der Waals surface area contributed by atoms with Crippen molar-refractivity contribution in [3.63, 3.8) is 0 Å². The van der Waals surface area contributed by atoms with Gasteiger partial charge in [0.15, 0.2) is 5.78 Å². The van der Waals surface area contributed by atoms with Crippen LogP contribution in [0, 0.1) is 0 Å². The molecule has 3 heteroatoms. The summed E-state index contributed by atoms with van der Waals surface area (Å²) in [6.07, 6.45) is 4.81. The Labute approximate surface area is 123 Å². The molecule has 3 nitrogen and oxygen atoms in total. The molecule has 2 heterocycles. The number of pyridine rings is 2. The first-order valence-corrected chi connectivity index (χ1v) is 7.08. The average Bonchev–Trinajstić information content (AvgIpc) is 2.55. The lowest BCUT2D eigenvalue weighted by atomic mass is 10.0. The molecule has 0 saturated carbocycles. The van der Waals surface area contributed by atoms with E-state index in [1.54, 1.807) is 6.20 Å². The van der Waals surface area contributed by atoms with E-state index in [0.29, 0.717) is 12.0 Å². The van der Waals surface area contributed by atoms with Crippen molar-refractivity contribution in [2.24, 2.45) is 0 Å². The number of benzene rings is 1. The second-order valence-electron chi connectivity index (χ2n) is 4.99. The Morgan fingerprint density at radius 1 is 1.05 bits per heavy atom. The minimum atomic E-state index is 0.0519. The van der Waals surface area contributed by atoms with Gasteiger partial charge in [0.1, 0.15) is 0 Å². The fourth-order valence-electron chi connectivity index (χ4n) is 2.36. The Bertz CT molecular complexity index is 773. The van der Waals surface area contributed by atoms with Crippen molar-refractivity contribution >= 4 is 16.7 Å². The molecule has 2 aromatic heterocycles. The van der Waals surface area contributed by atoms with Crippen LogP contribution in [0.15, 0.2) is 54.9 Å². The van der Waals surface area contributed by atoms with E-state index >= 15 is 0 Å². The molecule has 0 bridgehead atoms. The molecule has 0 aliphatic carbocycles. The predicted octanol–water partition coefficient (Wildman–Crippen LogP) is 3.62. The number of aryl methyl sites for hydroxylation is 1. The Hall–Kier alpha value is -2.55. The highest BCUT2D eigenvalue weighted by atomic mass is 16.1. The van der Waals surface area contributed by atoms with Crippen LogP contribution in [0.25, 0.3) is 10.9 Å². The van der Waals surface area contributed by atoms with E-state index in [-0.39, 0.29) is 5.78 Å². The molecule has 0 aliphatic rings. The standard InChI is InChI=1S/C18H16N2O/c1-2-13-8-9-15(20-12-13)11-17(21)16-7-3-5-14-6-4-10-19-18(14)16/h3-10,12H,2,11H2,1H3. The van der Waals surface area contributed by atoms with Gasteiger partial charge in [0, 0.05) is 29.0 Å². The average molecular weight is 276 g/mol. The molecule has 0 unspecified atom stereocenters. The molecule has 0 amide bonds. The van der Waals surface area contributed by atoms with Gasteiger partial charge in [-0.2, -0.15) is 0 Å². The Kier molecular flexibility index (Phi) is 3.73. The minimum absolute atomic E-state index is 0.0519. The molecule has 0 saturated heterocycles. The Morgan fingerprint density at radius 3 is 2.67 bits per heavy atom. The van der Waals surface area contributed by atoms with E-state index in [9.17, 15) is 4.79 Å². The van der Waals surface area contributed by atoms with Crippen molar-refractivity contribution in [2.45, 2.75) is 19.8 Å². The molecule has 0 fully saturated rings. The largest absolute Gasteiger partial charge is 0.294 e. The van der Waals surface area contributed by atoms with E-state index in [1.807, 2.05) is 48.7 Å². The number of hydrogen-bond donors (Lipinski definition) is 0. The minimum Gasteiger partial charge on any atom is -0.294 e. The SMILES string of the molecule is CCc1ccc(CC(=O)c2cccc3cccnc23)nc1. The zero-order valence-corrected chi connectivity index (χ0v) is 11.9. The van der Waals surface area contributed by atoms with Crippen molar-refractivity contribution < 1.29 is 4.79 Å². The van der Waals surface area contributed by atoms with Crippen molar-refractivity contribution in [2.75, 3.05) is 0 Å². The number of carbonyl (C=O) groups is 1. The zero-order valence-electron chi connectivity index (χ0n) is 11.9. The number of nitrogens with zero attached hydrogens (tertiary/aromatic N) is 2. The Morgan fingerprint density at radius 2 is 1.90 bits per heavy atom. The van der Waals surface area contributed by atoms with Gasteiger partial charge in [-0.1, -0.05) is 31.2 Å². The number of hydrogen-bond acceptors (Lipinski definition) is 3. The fraction of sp³-hybridized carbons (Fsp3) is 0.167. The van der Waals surface area contributed by atoms with Crippen molar-refractivity contribution in [1.29, 1.82) is 0 Å². The zero-order chi connectivity index (χ0) is 14.7. The van der Waals surface area contributed by atoms with Crippen molar-refractivity contribution in [3.8, 4) is 0 Å². The maximum Gasteiger partial charge on any atom is 0.171 e. The highest BCUT2D eigenvalue weighted by molar-refractivity contribution is 6.07. The summed E-state index contributed by atoms with van der Waals surface area (Å²) in [5.74, 6) is 0.0519. The smallest absolute Gasteiger partial charge is 0.171 e. The summed E-state index contributed by atoms with van der Waals surface area (Å²) >= 11 is 0. The predicted molar refractivity (Wildman–Crippen MR) is 83.4 cm³/mol. The number of aromatic nitrogens is 2. The van der Waals surface area contributed by atoms with Gasteiger partial charge in [-0.15, -0.1) is 0 Å². The van der Waals surface area contributed by atoms with Crippen LogP contribution in [-0.2, 0) is 12.8 Å². The monoisotopic (exact) mass is 276 g/mol. The van der Waals surface area contributed by atoms with Crippen LogP contribution in [0.5, 0.6) is 0 Å². The molecule has 104 valence electrons. The molecular weight excluding hydrogens is 260 g/mol.